The van der Waals surface area contributed by atoms with Gasteiger partial charge in [-0.05, 0) is 79.1 Å². The first-order chi connectivity index (χ1) is 17.6. The maximum atomic E-state index is 12.8. The van der Waals surface area contributed by atoms with Gasteiger partial charge >= 0.3 is 12.2 Å². The Morgan fingerprint density at radius 2 is 2.11 bits per heavy atom. The molecule has 2 aliphatic heterocycles. The fraction of sp³-hybridized carbons (Fsp3) is 0.481. The summed E-state index contributed by atoms with van der Waals surface area (Å²) in [5, 5.41) is 15.8. The van der Waals surface area contributed by atoms with Crippen molar-refractivity contribution in [2.24, 2.45) is 5.92 Å². The minimum atomic E-state index is -4.23. The monoisotopic (exact) mass is 518 g/mol. The van der Waals surface area contributed by atoms with Gasteiger partial charge < -0.3 is 25.4 Å². The Morgan fingerprint density at radius 3 is 2.81 bits per heavy atom. The molecule has 3 heterocycles. The van der Waals surface area contributed by atoms with E-state index in [1.807, 2.05) is 37.3 Å². The SMILES string of the molecule is Cc1ccc(NC(=O)N2CC[C@@H](CC(F)(F)F)C2)cc1-c1cc(NCC(C)O)nc(C2=CCOCC2)c1. The second-order valence-corrected chi connectivity index (χ2v) is 9.79. The third-order valence-corrected chi connectivity index (χ3v) is 6.59. The Hall–Kier alpha value is -3.11. The van der Waals surface area contributed by atoms with E-state index in [0.717, 1.165) is 34.4 Å². The Bertz CT molecular complexity index is 1150. The van der Waals surface area contributed by atoms with Crippen LogP contribution in [-0.4, -0.2) is 66.1 Å². The smallest absolute Gasteiger partial charge is 0.389 e. The number of aromatic nitrogens is 1. The number of aryl methyl sites for hydroxylation is 1. The highest BCUT2D eigenvalue weighted by Gasteiger charge is 2.36. The molecule has 0 bridgehead atoms. The van der Waals surface area contributed by atoms with Crippen LogP contribution in [0.5, 0.6) is 0 Å². The molecule has 0 aliphatic carbocycles. The standard InChI is InChI=1S/C27H33F3N4O3/c1-17-3-4-22(32-26(36)34-8-5-19(16-34)14-27(28,29)30)13-23(17)21-11-24(20-6-9-37-10-7-20)33-25(12-21)31-15-18(2)35/h3-4,6,11-13,18-19,35H,5,7-10,14-16H2,1-2H3,(H,31,33)(H,32,36)/t18?,19-/m0/s1. The minimum absolute atomic E-state index is 0.0922. The first-order valence-electron chi connectivity index (χ1n) is 12.5. The van der Waals surface area contributed by atoms with Crippen LogP contribution in [0.25, 0.3) is 16.7 Å². The lowest BCUT2D eigenvalue weighted by atomic mass is 9.97. The molecule has 10 heteroatoms. The van der Waals surface area contributed by atoms with Crippen molar-refractivity contribution < 1.29 is 27.8 Å². The highest BCUT2D eigenvalue weighted by atomic mass is 19.4. The highest BCUT2D eigenvalue weighted by molar-refractivity contribution is 5.91. The van der Waals surface area contributed by atoms with E-state index in [1.165, 1.54) is 4.90 Å². The maximum absolute atomic E-state index is 12.8. The van der Waals surface area contributed by atoms with Gasteiger partial charge in [-0.25, -0.2) is 9.78 Å². The van der Waals surface area contributed by atoms with Crippen LogP contribution in [-0.2, 0) is 4.74 Å². The summed E-state index contributed by atoms with van der Waals surface area (Å²) < 4.78 is 43.7. The number of nitrogens with one attached hydrogen (secondary N) is 2. The van der Waals surface area contributed by atoms with Gasteiger partial charge in [-0.15, -0.1) is 0 Å². The van der Waals surface area contributed by atoms with Crippen molar-refractivity contribution >= 4 is 23.1 Å². The predicted molar refractivity (Wildman–Crippen MR) is 137 cm³/mol. The van der Waals surface area contributed by atoms with Gasteiger partial charge in [-0.3, -0.25) is 0 Å². The van der Waals surface area contributed by atoms with Gasteiger partial charge in [-0.2, -0.15) is 13.2 Å². The van der Waals surface area contributed by atoms with Gasteiger partial charge in [0.1, 0.15) is 5.82 Å². The number of ether oxygens (including phenoxy) is 1. The van der Waals surface area contributed by atoms with Crippen LogP contribution in [0.4, 0.5) is 29.5 Å². The summed E-state index contributed by atoms with van der Waals surface area (Å²) in [6, 6.07) is 9.06. The third-order valence-electron chi connectivity index (χ3n) is 6.59. The number of alkyl halides is 3. The number of nitrogens with zero attached hydrogens (tertiary/aromatic N) is 2. The zero-order valence-corrected chi connectivity index (χ0v) is 21.1. The van der Waals surface area contributed by atoms with Crippen molar-refractivity contribution in [3.05, 3.63) is 47.7 Å². The van der Waals surface area contributed by atoms with Crippen molar-refractivity contribution in [1.82, 2.24) is 9.88 Å². The highest BCUT2D eigenvalue weighted by Crippen LogP contribution is 2.33. The van der Waals surface area contributed by atoms with E-state index in [9.17, 15) is 23.1 Å². The Labute approximate surface area is 214 Å². The lowest BCUT2D eigenvalue weighted by Crippen LogP contribution is -2.33. The van der Waals surface area contributed by atoms with Crippen LogP contribution < -0.4 is 10.6 Å². The number of aliphatic hydroxyl groups excluding tert-OH is 1. The Kier molecular flexibility index (Phi) is 8.39. The third kappa shape index (κ3) is 7.45. The number of urea groups is 1. The van der Waals surface area contributed by atoms with Crippen LogP contribution in [0.2, 0.25) is 0 Å². The molecule has 2 atom stereocenters. The van der Waals surface area contributed by atoms with Crippen LogP contribution in [0.3, 0.4) is 0 Å². The molecule has 1 fully saturated rings. The summed E-state index contributed by atoms with van der Waals surface area (Å²) in [5.41, 5.74) is 5.24. The molecule has 2 amide bonds. The first kappa shape index (κ1) is 26.9. The summed E-state index contributed by atoms with van der Waals surface area (Å²) >= 11 is 0. The first-order valence-corrected chi connectivity index (χ1v) is 12.5. The second-order valence-electron chi connectivity index (χ2n) is 9.79. The molecule has 3 N–H and O–H groups in total. The average molecular weight is 519 g/mol. The molecule has 0 radical (unpaired) electrons. The van der Waals surface area contributed by atoms with Crippen LogP contribution >= 0.6 is 0 Å². The average Bonchev–Trinajstić information content (AvgIpc) is 3.31. The van der Waals surface area contributed by atoms with E-state index < -0.39 is 30.7 Å². The number of likely N-dealkylation sites (tertiary alicyclic amines) is 1. The lowest BCUT2D eigenvalue weighted by molar-refractivity contribution is -0.143. The molecule has 1 aromatic heterocycles. The molecule has 1 saturated heterocycles. The Morgan fingerprint density at radius 1 is 1.30 bits per heavy atom. The number of rotatable bonds is 7. The normalized spacial score (nSPS) is 18.9. The Balaban J connectivity index is 1.56. The molecule has 7 nitrogen and oxygen atoms in total. The molecule has 4 rings (SSSR count). The van der Waals surface area contributed by atoms with Crippen LogP contribution in [0.1, 0.15) is 37.4 Å². The number of amides is 2. The number of hydrogen-bond donors (Lipinski definition) is 3. The topological polar surface area (TPSA) is 86.7 Å². The van der Waals surface area contributed by atoms with Crippen molar-refractivity contribution in [2.45, 2.75) is 45.4 Å². The molecule has 2 aliphatic rings. The van der Waals surface area contributed by atoms with Crippen molar-refractivity contribution in [3.8, 4) is 11.1 Å². The lowest BCUT2D eigenvalue weighted by Gasteiger charge is -2.19. The van der Waals surface area contributed by atoms with Crippen molar-refractivity contribution in [3.63, 3.8) is 0 Å². The molecule has 0 spiro atoms. The number of anilines is 2. The maximum Gasteiger partial charge on any atom is 0.389 e. The largest absolute Gasteiger partial charge is 0.392 e. The molecule has 1 aromatic carbocycles. The summed E-state index contributed by atoms with van der Waals surface area (Å²) in [6.45, 7) is 5.55. The summed E-state index contributed by atoms with van der Waals surface area (Å²) in [5.74, 6) is 0.0593. The minimum Gasteiger partial charge on any atom is -0.392 e. The zero-order chi connectivity index (χ0) is 26.6. The van der Waals surface area contributed by atoms with E-state index in [-0.39, 0.29) is 6.54 Å². The van der Waals surface area contributed by atoms with Gasteiger partial charge in [0.15, 0.2) is 0 Å². The number of pyridine rings is 1. The quantitative estimate of drug-likeness (QED) is 0.453. The molecule has 1 unspecified atom stereocenters. The van der Waals surface area contributed by atoms with Crippen LogP contribution in [0, 0.1) is 12.8 Å². The van der Waals surface area contributed by atoms with E-state index in [2.05, 4.69) is 10.6 Å². The van der Waals surface area contributed by atoms with Crippen LogP contribution in [0.15, 0.2) is 36.4 Å². The number of benzene rings is 1. The summed E-state index contributed by atoms with van der Waals surface area (Å²) in [4.78, 5) is 19.0. The van der Waals surface area contributed by atoms with Gasteiger partial charge in [0.05, 0.1) is 25.0 Å². The van der Waals surface area contributed by atoms with Gasteiger partial charge in [0.2, 0.25) is 0 Å². The van der Waals surface area contributed by atoms with Gasteiger partial charge in [0.25, 0.3) is 0 Å². The fourth-order valence-electron chi connectivity index (χ4n) is 4.68. The number of aliphatic hydroxyl groups is 1. The molecular weight excluding hydrogens is 485 g/mol. The summed E-state index contributed by atoms with van der Waals surface area (Å²) in [6.07, 6.45) is -2.54. The molecule has 37 heavy (non-hydrogen) atoms. The van der Waals surface area contributed by atoms with Crippen molar-refractivity contribution in [2.75, 3.05) is 43.5 Å². The van der Waals surface area contributed by atoms with E-state index in [0.29, 0.717) is 44.2 Å². The number of carbonyl (C=O) groups excluding carboxylic acids is 1. The van der Waals surface area contributed by atoms with Crippen molar-refractivity contribution in [1.29, 1.82) is 0 Å². The van der Waals surface area contributed by atoms with E-state index in [4.69, 9.17) is 9.72 Å². The zero-order valence-electron chi connectivity index (χ0n) is 21.1. The number of hydrogen-bond acceptors (Lipinski definition) is 5. The van der Waals surface area contributed by atoms with Gasteiger partial charge in [0, 0.05) is 31.7 Å². The molecule has 2 aromatic rings. The van der Waals surface area contributed by atoms with E-state index in [1.54, 1.807) is 13.0 Å². The summed E-state index contributed by atoms with van der Waals surface area (Å²) in [7, 11) is 0. The van der Waals surface area contributed by atoms with E-state index >= 15 is 0 Å². The number of carbonyl (C=O) groups is 1. The molecule has 200 valence electrons. The fourth-order valence-corrected chi connectivity index (χ4v) is 4.68. The van der Waals surface area contributed by atoms with Gasteiger partial charge in [-0.1, -0.05) is 12.1 Å². The molecular formula is C27H33F3N4O3. The predicted octanol–water partition coefficient (Wildman–Crippen LogP) is 5.46. The molecule has 0 saturated carbocycles. The number of halogens is 3. The second kappa shape index (κ2) is 11.5.